The molecule has 1 aromatic heterocycles. The SMILES string of the molecule is C/C=C/Cc1c(Cl)c(C(=O)Nc2c(CC)cc(F)cc2CC)c(C)[n+]([O-])c1C. The molecule has 0 spiro atoms. The van der Waals surface area contributed by atoms with Crippen LogP contribution in [0.1, 0.15) is 59.2 Å². The third kappa shape index (κ3) is 4.20. The summed E-state index contributed by atoms with van der Waals surface area (Å²) >= 11 is 6.55. The number of nitrogens with one attached hydrogen (secondary N) is 1. The molecule has 2 aromatic rings. The lowest BCUT2D eigenvalue weighted by Gasteiger charge is -2.18. The van der Waals surface area contributed by atoms with Gasteiger partial charge < -0.3 is 10.5 Å². The van der Waals surface area contributed by atoms with E-state index in [2.05, 4.69) is 5.32 Å². The lowest BCUT2D eigenvalue weighted by molar-refractivity contribution is -0.619. The maximum atomic E-state index is 13.9. The van der Waals surface area contributed by atoms with Crippen LogP contribution in [0.2, 0.25) is 5.02 Å². The summed E-state index contributed by atoms with van der Waals surface area (Å²) in [6.07, 6.45) is 5.34. The van der Waals surface area contributed by atoms with Crippen molar-refractivity contribution in [2.24, 2.45) is 0 Å². The molecule has 2 rings (SSSR count). The zero-order valence-electron chi connectivity index (χ0n) is 17.0. The van der Waals surface area contributed by atoms with E-state index in [9.17, 15) is 14.4 Å². The number of halogens is 2. The van der Waals surface area contributed by atoms with E-state index in [4.69, 9.17) is 11.6 Å². The number of pyridine rings is 1. The zero-order valence-corrected chi connectivity index (χ0v) is 17.7. The Balaban J connectivity index is 2.58. The Morgan fingerprint density at radius 2 is 1.79 bits per heavy atom. The Bertz CT molecular complexity index is 914. The summed E-state index contributed by atoms with van der Waals surface area (Å²) in [5.41, 5.74) is 3.47. The number of rotatable bonds is 6. The first-order chi connectivity index (χ1) is 13.3. The highest BCUT2D eigenvalue weighted by atomic mass is 35.5. The fourth-order valence-corrected chi connectivity index (χ4v) is 3.74. The quantitative estimate of drug-likeness (QED) is 0.407. The monoisotopic (exact) mass is 404 g/mol. The van der Waals surface area contributed by atoms with Gasteiger partial charge in [0.1, 0.15) is 11.4 Å². The molecule has 0 saturated carbocycles. The second-order valence-corrected chi connectivity index (χ2v) is 7.04. The van der Waals surface area contributed by atoms with Crippen molar-refractivity contribution in [3.05, 3.63) is 74.0 Å². The van der Waals surface area contributed by atoms with Crippen molar-refractivity contribution >= 4 is 23.2 Å². The van der Waals surface area contributed by atoms with Crippen molar-refractivity contribution in [2.75, 3.05) is 5.32 Å². The van der Waals surface area contributed by atoms with Crippen LogP contribution in [0.15, 0.2) is 24.3 Å². The van der Waals surface area contributed by atoms with Gasteiger partial charge in [0.05, 0.1) is 5.02 Å². The van der Waals surface area contributed by atoms with Gasteiger partial charge in [0.2, 0.25) is 5.69 Å². The van der Waals surface area contributed by atoms with Gasteiger partial charge in [-0.15, -0.1) is 0 Å². The fourth-order valence-electron chi connectivity index (χ4n) is 3.30. The van der Waals surface area contributed by atoms with E-state index >= 15 is 0 Å². The molecule has 0 bridgehead atoms. The second kappa shape index (κ2) is 9.20. The number of hydrogen-bond acceptors (Lipinski definition) is 2. The summed E-state index contributed by atoms with van der Waals surface area (Å²) in [5.74, 6) is -0.799. The number of carbonyl (C=O) groups is 1. The van der Waals surface area contributed by atoms with E-state index in [0.717, 1.165) is 4.73 Å². The maximum absolute atomic E-state index is 13.9. The van der Waals surface area contributed by atoms with E-state index in [1.165, 1.54) is 12.1 Å². The highest BCUT2D eigenvalue weighted by Gasteiger charge is 2.27. The number of benzene rings is 1. The van der Waals surface area contributed by atoms with Crippen LogP contribution < -0.4 is 10.0 Å². The first-order valence-electron chi connectivity index (χ1n) is 9.41. The van der Waals surface area contributed by atoms with Gasteiger partial charge in [0, 0.05) is 25.1 Å². The van der Waals surface area contributed by atoms with Crippen molar-refractivity contribution in [3.63, 3.8) is 0 Å². The van der Waals surface area contributed by atoms with E-state index in [-0.39, 0.29) is 22.1 Å². The predicted molar refractivity (Wildman–Crippen MR) is 112 cm³/mol. The lowest BCUT2D eigenvalue weighted by atomic mass is 10.0. The van der Waals surface area contributed by atoms with Crippen molar-refractivity contribution in [3.8, 4) is 0 Å². The minimum Gasteiger partial charge on any atom is -0.618 e. The summed E-state index contributed by atoms with van der Waals surface area (Å²) in [4.78, 5) is 13.1. The molecular formula is C22H26ClFN2O2. The summed E-state index contributed by atoms with van der Waals surface area (Å²) in [7, 11) is 0. The molecule has 0 atom stereocenters. The third-order valence-corrected chi connectivity index (χ3v) is 5.36. The first kappa shape index (κ1) is 21.9. The predicted octanol–water partition coefficient (Wildman–Crippen LogP) is 5.23. The minimum atomic E-state index is -0.468. The van der Waals surface area contributed by atoms with Crippen LogP contribution in [-0.2, 0) is 19.3 Å². The van der Waals surface area contributed by atoms with Crippen molar-refractivity contribution in [2.45, 2.75) is 53.9 Å². The normalized spacial score (nSPS) is 11.2. The number of aromatic nitrogens is 1. The molecule has 1 aromatic carbocycles. The number of amides is 1. The molecule has 1 amide bonds. The number of aryl methyl sites for hydroxylation is 2. The van der Waals surface area contributed by atoms with E-state index in [0.29, 0.717) is 47.3 Å². The molecule has 6 heteroatoms. The highest BCUT2D eigenvalue weighted by Crippen LogP contribution is 2.29. The van der Waals surface area contributed by atoms with Gasteiger partial charge in [0.25, 0.3) is 5.91 Å². The van der Waals surface area contributed by atoms with Crippen LogP contribution in [0.5, 0.6) is 0 Å². The highest BCUT2D eigenvalue weighted by molar-refractivity contribution is 6.35. The molecule has 0 unspecified atom stereocenters. The third-order valence-electron chi connectivity index (χ3n) is 4.94. The van der Waals surface area contributed by atoms with Crippen LogP contribution in [0.25, 0.3) is 0 Å². The molecule has 1 N–H and O–H groups in total. The Morgan fingerprint density at radius 3 is 2.29 bits per heavy atom. The summed E-state index contributed by atoms with van der Waals surface area (Å²) in [6, 6.07) is 2.84. The Kier molecular flexibility index (Phi) is 7.19. The van der Waals surface area contributed by atoms with Crippen LogP contribution in [-0.4, -0.2) is 5.91 Å². The largest absolute Gasteiger partial charge is 0.618 e. The average Bonchev–Trinajstić information content (AvgIpc) is 2.67. The molecule has 0 aliphatic heterocycles. The Labute approximate surface area is 170 Å². The van der Waals surface area contributed by atoms with Crippen molar-refractivity contribution < 1.29 is 13.9 Å². The number of hydrogen-bond donors (Lipinski definition) is 1. The van der Waals surface area contributed by atoms with E-state index < -0.39 is 5.91 Å². The van der Waals surface area contributed by atoms with Crippen molar-refractivity contribution in [1.82, 2.24) is 0 Å². The van der Waals surface area contributed by atoms with Gasteiger partial charge in [-0.3, -0.25) is 4.79 Å². The summed E-state index contributed by atoms with van der Waals surface area (Å²) in [5, 5.41) is 15.7. The van der Waals surface area contributed by atoms with Crippen LogP contribution >= 0.6 is 11.6 Å². The number of nitrogens with zero attached hydrogens (tertiary/aromatic N) is 1. The lowest BCUT2D eigenvalue weighted by Crippen LogP contribution is -2.38. The van der Waals surface area contributed by atoms with Gasteiger partial charge in [-0.2, -0.15) is 4.73 Å². The minimum absolute atomic E-state index is 0.148. The van der Waals surface area contributed by atoms with Gasteiger partial charge in [0.15, 0.2) is 5.69 Å². The van der Waals surface area contributed by atoms with Crippen LogP contribution in [0, 0.1) is 24.9 Å². The molecule has 0 saturated heterocycles. The average molecular weight is 405 g/mol. The van der Waals surface area contributed by atoms with Gasteiger partial charge >= 0.3 is 0 Å². The number of anilines is 1. The molecule has 0 aliphatic carbocycles. The standard InChI is InChI=1S/C22H26ClFN2O2/c1-6-9-10-18-13(4)26(28)14(5)19(20(18)23)22(27)25-21-15(7-2)11-17(24)12-16(21)8-3/h6,9,11-12H,7-8,10H2,1-5H3,(H,25,27)/b9-6+. The second-order valence-electron chi connectivity index (χ2n) is 6.67. The first-order valence-corrected chi connectivity index (χ1v) is 9.79. The van der Waals surface area contributed by atoms with Gasteiger partial charge in [-0.25, -0.2) is 4.39 Å². The van der Waals surface area contributed by atoms with Gasteiger partial charge in [-0.05, 0) is 49.4 Å². The molecule has 0 fully saturated rings. The maximum Gasteiger partial charge on any atom is 0.263 e. The fraction of sp³-hybridized carbons (Fsp3) is 0.364. The molecule has 0 radical (unpaired) electrons. The molecule has 28 heavy (non-hydrogen) atoms. The Morgan fingerprint density at radius 1 is 1.21 bits per heavy atom. The van der Waals surface area contributed by atoms with Crippen LogP contribution in [0.3, 0.4) is 0 Å². The molecular weight excluding hydrogens is 379 g/mol. The number of carbonyl (C=O) groups excluding carboxylic acids is 1. The molecule has 0 aliphatic rings. The van der Waals surface area contributed by atoms with Crippen LogP contribution in [0.4, 0.5) is 10.1 Å². The Hall–Kier alpha value is -2.40. The van der Waals surface area contributed by atoms with Crippen molar-refractivity contribution in [1.29, 1.82) is 0 Å². The smallest absolute Gasteiger partial charge is 0.263 e. The molecule has 150 valence electrons. The topological polar surface area (TPSA) is 56.0 Å². The molecule has 1 heterocycles. The number of allylic oxidation sites excluding steroid dienone is 2. The van der Waals surface area contributed by atoms with E-state index in [1.54, 1.807) is 13.8 Å². The zero-order chi connectivity index (χ0) is 21.0. The van der Waals surface area contributed by atoms with Gasteiger partial charge in [-0.1, -0.05) is 37.6 Å². The summed E-state index contributed by atoms with van der Waals surface area (Å²) in [6.45, 7) is 8.94. The molecule has 4 nitrogen and oxygen atoms in total. The summed E-state index contributed by atoms with van der Waals surface area (Å²) < 4.78 is 14.6. The van der Waals surface area contributed by atoms with E-state index in [1.807, 2.05) is 32.9 Å².